The normalized spacial score (nSPS) is 10.4. The summed E-state index contributed by atoms with van der Waals surface area (Å²) in [4.78, 5) is 16.6. The molecule has 2 aromatic carbocycles. The molecule has 0 aliphatic heterocycles. The van der Waals surface area contributed by atoms with Gasteiger partial charge < -0.3 is 10.6 Å². The highest BCUT2D eigenvalue weighted by atomic mass is 16.1. The van der Waals surface area contributed by atoms with E-state index in [0.717, 1.165) is 23.5 Å². The lowest BCUT2D eigenvalue weighted by atomic mass is 10.1. The van der Waals surface area contributed by atoms with Gasteiger partial charge >= 0.3 is 0 Å². The summed E-state index contributed by atoms with van der Waals surface area (Å²) in [6, 6.07) is 17.7. The Balaban J connectivity index is 1.62. The van der Waals surface area contributed by atoms with Gasteiger partial charge in [0, 0.05) is 12.2 Å². The third-order valence-corrected chi connectivity index (χ3v) is 4.51. The van der Waals surface area contributed by atoms with Crippen LogP contribution in [-0.2, 0) is 6.54 Å². The van der Waals surface area contributed by atoms with Crippen LogP contribution >= 0.6 is 0 Å². The Morgan fingerprint density at radius 1 is 0.885 bits per heavy atom. The zero-order valence-electron chi connectivity index (χ0n) is 15.3. The molecular formula is C22H23N3O. The van der Waals surface area contributed by atoms with Crippen LogP contribution in [0.5, 0.6) is 0 Å². The minimum Gasteiger partial charge on any atom is -0.380 e. The van der Waals surface area contributed by atoms with E-state index in [-0.39, 0.29) is 5.91 Å². The fourth-order valence-electron chi connectivity index (χ4n) is 2.65. The Bertz CT molecular complexity index is 917. The van der Waals surface area contributed by atoms with Gasteiger partial charge in [0.2, 0.25) is 0 Å². The van der Waals surface area contributed by atoms with Crippen molar-refractivity contribution in [3.8, 4) is 0 Å². The second-order valence-corrected chi connectivity index (χ2v) is 6.47. The standard InChI is InChI=1S/C22H23N3O/c1-15-8-9-19(12-17(15)3)25-22(26)21-11-10-20(14-24-21)23-13-18-7-5-4-6-16(18)2/h4-12,14,23H,13H2,1-3H3,(H,25,26). The molecule has 4 nitrogen and oxygen atoms in total. The second-order valence-electron chi connectivity index (χ2n) is 6.47. The molecule has 0 spiro atoms. The Morgan fingerprint density at radius 2 is 1.65 bits per heavy atom. The number of rotatable bonds is 5. The first kappa shape index (κ1) is 17.7. The van der Waals surface area contributed by atoms with Crippen LogP contribution in [0.25, 0.3) is 0 Å². The van der Waals surface area contributed by atoms with Crippen LogP contribution in [0.2, 0.25) is 0 Å². The molecule has 3 rings (SSSR count). The van der Waals surface area contributed by atoms with Crippen molar-refractivity contribution in [2.45, 2.75) is 27.3 Å². The average molecular weight is 345 g/mol. The molecule has 1 heterocycles. The SMILES string of the molecule is Cc1ccc(NC(=O)c2ccc(NCc3ccccc3C)cn2)cc1C. The Hall–Kier alpha value is -3.14. The summed E-state index contributed by atoms with van der Waals surface area (Å²) in [5.41, 5.74) is 6.89. The van der Waals surface area contributed by atoms with Crippen molar-refractivity contribution in [1.29, 1.82) is 0 Å². The van der Waals surface area contributed by atoms with E-state index < -0.39 is 0 Å². The van der Waals surface area contributed by atoms with Crippen molar-refractivity contribution >= 4 is 17.3 Å². The third-order valence-electron chi connectivity index (χ3n) is 4.51. The molecule has 3 aromatic rings. The number of nitrogens with one attached hydrogen (secondary N) is 2. The van der Waals surface area contributed by atoms with Crippen LogP contribution < -0.4 is 10.6 Å². The lowest BCUT2D eigenvalue weighted by molar-refractivity contribution is 0.102. The van der Waals surface area contributed by atoms with E-state index in [0.29, 0.717) is 5.69 Å². The molecule has 0 unspecified atom stereocenters. The number of amides is 1. The summed E-state index contributed by atoms with van der Waals surface area (Å²) in [5.74, 6) is -0.210. The first-order valence-corrected chi connectivity index (χ1v) is 8.66. The molecule has 0 saturated heterocycles. The number of aryl methyl sites for hydroxylation is 3. The van der Waals surface area contributed by atoms with Gasteiger partial charge in [0.05, 0.1) is 11.9 Å². The minimum atomic E-state index is -0.210. The smallest absolute Gasteiger partial charge is 0.274 e. The molecule has 0 aliphatic rings. The number of anilines is 2. The zero-order valence-corrected chi connectivity index (χ0v) is 15.3. The van der Waals surface area contributed by atoms with Crippen molar-refractivity contribution < 1.29 is 4.79 Å². The topological polar surface area (TPSA) is 54.0 Å². The quantitative estimate of drug-likeness (QED) is 0.693. The van der Waals surface area contributed by atoms with Gasteiger partial charge in [0.25, 0.3) is 5.91 Å². The van der Waals surface area contributed by atoms with Crippen molar-refractivity contribution in [1.82, 2.24) is 4.98 Å². The van der Waals surface area contributed by atoms with E-state index >= 15 is 0 Å². The zero-order chi connectivity index (χ0) is 18.5. The Kier molecular flexibility index (Phi) is 5.32. The van der Waals surface area contributed by atoms with Crippen LogP contribution in [0.3, 0.4) is 0 Å². The minimum absolute atomic E-state index is 0.210. The predicted octanol–water partition coefficient (Wildman–Crippen LogP) is 4.87. The highest BCUT2D eigenvalue weighted by Crippen LogP contribution is 2.16. The van der Waals surface area contributed by atoms with Crippen molar-refractivity contribution in [3.05, 3.63) is 88.7 Å². The first-order valence-electron chi connectivity index (χ1n) is 8.66. The second kappa shape index (κ2) is 7.83. The molecular weight excluding hydrogens is 322 g/mol. The van der Waals surface area contributed by atoms with Gasteiger partial charge in [0.1, 0.15) is 5.69 Å². The highest BCUT2D eigenvalue weighted by molar-refractivity contribution is 6.03. The first-order chi connectivity index (χ1) is 12.5. The number of carbonyl (C=O) groups is 1. The molecule has 1 aromatic heterocycles. The number of benzene rings is 2. The van der Waals surface area contributed by atoms with Gasteiger partial charge in [-0.25, -0.2) is 4.98 Å². The van der Waals surface area contributed by atoms with E-state index in [4.69, 9.17) is 0 Å². The van der Waals surface area contributed by atoms with E-state index in [1.54, 1.807) is 12.3 Å². The van der Waals surface area contributed by atoms with Crippen molar-refractivity contribution in [2.24, 2.45) is 0 Å². The molecule has 0 atom stereocenters. The predicted molar refractivity (Wildman–Crippen MR) is 107 cm³/mol. The van der Waals surface area contributed by atoms with E-state index in [9.17, 15) is 4.79 Å². The maximum absolute atomic E-state index is 12.4. The largest absolute Gasteiger partial charge is 0.380 e. The van der Waals surface area contributed by atoms with Gasteiger partial charge in [0.15, 0.2) is 0 Å². The third kappa shape index (κ3) is 4.28. The maximum Gasteiger partial charge on any atom is 0.274 e. The van der Waals surface area contributed by atoms with Gasteiger partial charge in [-0.2, -0.15) is 0 Å². The molecule has 2 N–H and O–H groups in total. The number of carbonyl (C=O) groups excluding carboxylic acids is 1. The summed E-state index contributed by atoms with van der Waals surface area (Å²) in [6.07, 6.45) is 1.69. The fourth-order valence-corrected chi connectivity index (χ4v) is 2.65. The maximum atomic E-state index is 12.4. The van der Waals surface area contributed by atoms with Crippen LogP contribution in [0.4, 0.5) is 11.4 Å². The lowest BCUT2D eigenvalue weighted by Gasteiger charge is -2.10. The summed E-state index contributed by atoms with van der Waals surface area (Å²) in [7, 11) is 0. The molecule has 0 saturated carbocycles. The molecule has 1 amide bonds. The van der Waals surface area contributed by atoms with Gasteiger partial charge in [-0.3, -0.25) is 4.79 Å². The lowest BCUT2D eigenvalue weighted by Crippen LogP contribution is -2.14. The Morgan fingerprint density at radius 3 is 2.35 bits per heavy atom. The summed E-state index contributed by atoms with van der Waals surface area (Å²) < 4.78 is 0. The molecule has 132 valence electrons. The summed E-state index contributed by atoms with van der Waals surface area (Å²) >= 11 is 0. The molecule has 0 aliphatic carbocycles. The molecule has 0 bridgehead atoms. The monoisotopic (exact) mass is 345 g/mol. The van der Waals surface area contributed by atoms with Crippen molar-refractivity contribution in [2.75, 3.05) is 10.6 Å². The van der Waals surface area contributed by atoms with Crippen molar-refractivity contribution in [3.63, 3.8) is 0 Å². The Labute approximate surface area is 154 Å². The number of nitrogens with zero attached hydrogens (tertiary/aromatic N) is 1. The number of hydrogen-bond donors (Lipinski definition) is 2. The van der Waals surface area contributed by atoms with Crippen LogP contribution in [0, 0.1) is 20.8 Å². The highest BCUT2D eigenvalue weighted by Gasteiger charge is 2.08. The van der Waals surface area contributed by atoms with E-state index in [1.165, 1.54) is 16.7 Å². The van der Waals surface area contributed by atoms with Gasteiger partial charge in [-0.05, 0) is 67.3 Å². The van der Waals surface area contributed by atoms with Crippen LogP contribution in [-0.4, -0.2) is 10.9 Å². The van der Waals surface area contributed by atoms with Crippen LogP contribution in [0.1, 0.15) is 32.7 Å². The van der Waals surface area contributed by atoms with E-state index in [1.807, 2.05) is 50.2 Å². The molecule has 4 heteroatoms. The van der Waals surface area contributed by atoms with Crippen LogP contribution in [0.15, 0.2) is 60.8 Å². The van der Waals surface area contributed by atoms with E-state index in [2.05, 4.69) is 34.7 Å². The average Bonchev–Trinajstić information content (AvgIpc) is 2.64. The molecule has 26 heavy (non-hydrogen) atoms. The number of hydrogen-bond acceptors (Lipinski definition) is 3. The molecule has 0 radical (unpaired) electrons. The van der Waals surface area contributed by atoms with Gasteiger partial charge in [-0.1, -0.05) is 30.3 Å². The fraction of sp³-hybridized carbons (Fsp3) is 0.182. The molecule has 0 fully saturated rings. The number of pyridine rings is 1. The van der Waals surface area contributed by atoms with Gasteiger partial charge in [-0.15, -0.1) is 0 Å². The number of aromatic nitrogens is 1. The summed E-state index contributed by atoms with van der Waals surface area (Å²) in [6.45, 7) is 6.89. The summed E-state index contributed by atoms with van der Waals surface area (Å²) in [5, 5.41) is 6.23.